The van der Waals surface area contributed by atoms with E-state index in [2.05, 4.69) is 22.6 Å². The lowest BCUT2D eigenvalue weighted by molar-refractivity contribution is 0.364. The summed E-state index contributed by atoms with van der Waals surface area (Å²) >= 11 is 5.42. The summed E-state index contributed by atoms with van der Waals surface area (Å²) < 4.78 is 26.6. The van der Waals surface area contributed by atoms with Crippen LogP contribution >= 0.6 is 12.2 Å². The summed E-state index contributed by atoms with van der Waals surface area (Å²) in [4.78, 5) is 2.21. The standard InChI is InChI=1S/C21H19F2N3S/c1-26-11-15(10-13-2-6-16(22)7-3-13)20-18(12-26)19(24-21(27)25-20)14-4-8-17(23)9-5-14/h2-10,19H,11-12H2,1H3,(H2,24,25,27). The van der Waals surface area contributed by atoms with Gasteiger partial charge in [-0.3, -0.25) is 4.90 Å². The number of nitrogens with one attached hydrogen (secondary N) is 2. The van der Waals surface area contributed by atoms with E-state index in [4.69, 9.17) is 12.2 Å². The van der Waals surface area contributed by atoms with E-state index in [0.29, 0.717) is 5.11 Å². The molecule has 1 unspecified atom stereocenters. The smallest absolute Gasteiger partial charge is 0.171 e. The molecule has 27 heavy (non-hydrogen) atoms. The van der Waals surface area contributed by atoms with Gasteiger partial charge in [0.15, 0.2) is 5.11 Å². The molecule has 0 spiro atoms. The lowest BCUT2D eigenvalue weighted by Gasteiger charge is -2.39. The lowest BCUT2D eigenvalue weighted by Crippen LogP contribution is -2.49. The van der Waals surface area contributed by atoms with Crippen molar-refractivity contribution in [3.63, 3.8) is 0 Å². The van der Waals surface area contributed by atoms with E-state index in [1.165, 1.54) is 24.3 Å². The average molecular weight is 383 g/mol. The van der Waals surface area contributed by atoms with Gasteiger partial charge in [0.1, 0.15) is 11.6 Å². The molecule has 2 aromatic carbocycles. The number of rotatable bonds is 2. The Labute approximate surface area is 162 Å². The van der Waals surface area contributed by atoms with E-state index in [9.17, 15) is 8.78 Å². The molecule has 0 saturated heterocycles. The Kier molecular flexibility index (Phi) is 4.76. The minimum Gasteiger partial charge on any atom is -0.352 e. The summed E-state index contributed by atoms with van der Waals surface area (Å²) in [5.74, 6) is -0.516. The van der Waals surface area contributed by atoms with Gasteiger partial charge >= 0.3 is 0 Å². The molecule has 2 heterocycles. The number of hydrogen-bond donors (Lipinski definition) is 2. The van der Waals surface area contributed by atoms with Gasteiger partial charge < -0.3 is 10.6 Å². The Morgan fingerprint density at radius 3 is 2.30 bits per heavy atom. The minimum absolute atomic E-state index is 0.117. The summed E-state index contributed by atoms with van der Waals surface area (Å²) in [6.45, 7) is 1.52. The second-order valence-electron chi connectivity index (χ2n) is 6.88. The first-order chi connectivity index (χ1) is 13.0. The molecule has 0 saturated carbocycles. The predicted octanol–water partition coefficient (Wildman–Crippen LogP) is 3.77. The SMILES string of the molecule is CN1CC(=Cc2ccc(F)cc2)C2=C(C1)C(c1ccc(F)cc1)NC(=S)N2. The molecule has 0 bridgehead atoms. The van der Waals surface area contributed by atoms with E-state index in [1.54, 1.807) is 24.3 Å². The molecule has 2 aromatic rings. The molecule has 6 heteroatoms. The van der Waals surface area contributed by atoms with Crippen molar-refractivity contribution in [3.8, 4) is 0 Å². The van der Waals surface area contributed by atoms with Crippen molar-refractivity contribution in [2.45, 2.75) is 6.04 Å². The van der Waals surface area contributed by atoms with Crippen molar-refractivity contribution in [3.05, 3.63) is 88.1 Å². The van der Waals surface area contributed by atoms with Crippen LogP contribution in [0.5, 0.6) is 0 Å². The van der Waals surface area contributed by atoms with E-state index in [1.807, 2.05) is 6.08 Å². The molecule has 4 rings (SSSR count). The molecule has 3 nitrogen and oxygen atoms in total. The zero-order valence-corrected chi connectivity index (χ0v) is 15.6. The van der Waals surface area contributed by atoms with Crippen molar-refractivity contribution in [1.29, 1.82) is 0 Å². The van der Waals surface area contributed by atoms with Gasteiger partial charge in [0.25, 0.3) is 0 Å². The van der Waals surface area contributed by atoms with Gasteiger partial charge in [-0.2, -0.15) is 0 Å². The Hall–Kier alpha value is -2.57. The molecule has 0 aliphatic carbocycles. The summed E-state index contributed by atoms with van der Waals surface area (Å²) in [6, 6.07) is 12.8. The van der Waals surface area contributed by atoms with Crippen molar-refractivity contribution >= 4 is 23.4 Å². The number of likely N-dealkylation sites (N-methyl/N-ethyl adjacent to an activating group) is 1. The van der Waals surface area contributed by atoms with E-state index < -0.39 is 0 Å². The fourth-order valence-corrected chi connectivity index (χ4v) is 3.80. The number of benzene rings is 2. The first-order valence-corrected chi connectivity index (χ1v) is 9.11. The maximum atomic E-state index is 13.3. The second-order valence-corrected chi connectivity index (χ2v) is 7.28. The number of nitrogens with zero attached hydrogens (tertiary/aromatic N) is 1. The fraction of sp³-hybridized carbons (Fsp3) is 0.190. The third kappa shape index (κ3) is 3.77. The van der Waals surface area contributed by atoms with Crippen LogP contribution in [0.1, 0.15) is 17.2 Å². The van der Waals surface area contributed by atoms with Crippen LogP contribution in [0.4, 0.5) is 8.78 Å². The molecular formula is C21H19F2N3S. The molecular weight excluding hydrogens is 364 g/mol. The van der Waals surface area contributed by atoms with Crippen LogP contribution in [-0.4, -0.2) is 30.1 Å². The molecule has 0 radical (unpaired) electrons. The molecule has 2 N–H and O–H groups in total. The number of halogens is 2. The quantitative estimate of drug-likeness (QED) is 0.772. The number of thiocarbonyl (C=S) groups is 1. The fourth-order valence-electron chi connectivity index (χ4n) is 3.58. The maximum absolute atomic E-state index is 13.3. The third-order valence-electron chi connectivity index (χ3n) is 4.80. The highest BCUT2D eigenvalue weighted by atomic mass is 32.1. The van der Waals surface area contributed by atoms with E-state index in [-0.39, 0.29) is 17.7 Å². The lowest BCUT2D eigenvalue weighted by atomic mass is 9.89. The predicted molar refractivity (Wildman–Crippen MR) is 107 cm³/mol. The monoisotopic (exact) mass is 383 g/mol. The maximum Gasteiger partial charge on any atom is 0.171 e. The van der Waals surface area contributed by atoms with Gasteiger partial charge in [-0.1, -0.05) is 24.3 Å². The second kappa shape index (κ2) is 7.21. The van der Waals surface area contributed by atoms with Crippen LogP contribution in [0.3, 0.4) is 0 Å². The minimum atomic E-state index is -0.262. The largest absolute Gasteiger partial charge is 0.352 e. The molecule has 2 aliphatic heterocycles. The van der Waals surface area contributed by atoms with Crippen LogP contribution in [0, 0.1) is 11.6 Å². The van der Waals surface area contributed by atoms with E-state index >= 15 is 0 Å². The van der Waals surface area contributed by atoms with Gasteiger partial charge in [0.2, 0.25) is 0 Å². The Morgan fingerprint density at radius 2 is 1.63 bits per heavy atom. The number of hydrogen-bond acceptors (Lipinski definition) is 2. The Balaban J connectivity index is 1.78. The zero-order chi connectivity index (χ0) is 19.0. The molecule has 0 fully saturated rings. The van der Waals surface area contributed by atoms with Crippen LogP contribution in [0.25, 0.3) is 6.08 Å². The van der Waals surface area contributed by atoms with Crippen LogP contribution < -0.4 is 10.6 Å². The zero-order valence-electron chi connectivity index (χ0n) is 14.8. The molecule has 0 aromatic heterocycles. The first kappa shape index (κ1) is 17.8. The Bertz CT molecular complexity index is 933. The summed E-state index contributed by atoms with van der Waals surface area (Å²) in [5.41, 5.74) is 5.12. The van der Waals surface area contributed by atoms with Crippen LogP contribution in [0.2, 0.25) is 0 Å². The normalized spacial score (nSPS) is 21.7. The first-order valence-electron chi connectivity index (χ1n) is 8.70. The Morgan fingerprint density at radius 1 is 1.00 bits per heavy atom. The van der Waals surface area contributed by atoms with Crippen molar-refractivity contribution in [2.24, 2.45) is 0 Å². The average Bonchev–Trinajstić information content (AvgIpc) is 2.64. The molecule has 1 atom stereocenters. The molecule has 0 amide bonds. The molecule has 138 valence electrons. The van der Waals surface area contributed by atoms with Gasteiger partial charge in [-0.25, -0.2) is 8.78 Å². The van der Waals surface area contributed by atoms with Crippen molar-refractivity contribution in [2.75, 3.05) is 20.1 Å². The topological polar surface area (TPSA) is 27.3 Å². The van der Waals surface area contributed by atoms with Gasteiger partial charge in [0, 0.05) is 18.8 Å². The van der Waals surface area contributed by atoms with Gasteiger partial charge in [-0.05, 0) is 71.9 Å². The van der Waals surface area contributed by atoms with Crippen molar-refractivity contribution < 1.29 is 8.78 Å². The summed E-state index contributed by atoms with van der Waals surface area (Å²) in [6.07, 6.45) is 2.05. The summed E-state index contributed by atoms with van der Waals surface area (Å²) in [5, 5.41) is 7.13. The van der Waals surface area contributed by atoms with Gasteiger partial charge in [-0.15, -0.1) is 0 Å². The van der Waals surface area contributed by atoms with Gasteiger partial charge in [0.05, 0.1) is 6.04 Å². The molecule has 2 aliphatic rings. The van der Waals surface area contributed by atoms with Crippen molar-refractivity contribution in [1.82, 2.24) is 15.5 Å². The third-order valence-corrected chi connectivity index (χ3v) is 5.02. The van der Waals surface area contributed by atoms with E-state index in [0.717, 1.165) is 41.1 Å². The van der Waals surface area contributed by atoms with Crippen LogP contribution in [0.15, 0.2) is 65.4 Å². The summed E-state index contributed by atoms with van der Waals surface area (Å²) in [7, 11) is 2.05. The highest BCUT2D eigenvalue weighted by molar-refractivity contribution is 7.80. The van der Waals surface area contributed by atoms with Crippen LogP contribution in [-0.2, 0) is 0 Å². The highest BCUT2D eigenvalue weighted by Gasteiger charge is 2.32. The highest BCUT2D eigenvalue weighted by Crippen LogP contribution is 2.33.